The molecular formula is C16H16N6O. The maximum Gasteiger partial charge on any atom is 0.271 e. The van der Waals surface area contributed by atoms with Gasteiger partial charge in [-0.3, -0.25) is 10.2 Å². The average Bonchev–Trinajstić information content (AvgIpc) is 2.53. The Balaban J connectivity index is 2.46. The molecule has 2 rings (SSSR count). The number of rotatable bonds is 4. The zero-order valence-corrected chi connectivity index (χ0v) is 12.8. The molecule has 0 aliphatic rings. The van der Waals surface area contributed by atoms with Crippen LogP contribution in [0.2, 0.25) is 0 Å². The first-order valence-corrected chi connectivity index (χ1v) is 6.69. The highest BCUT2D eigenvalue weighted by Crippen LogP contribution is 2.22. The first kappa shape index (κ1) is 16.0. The quantitative estimate of drug-likeness (QED) is 0.582. The fourth-order valence-electron chi connectivity index (χ4n) is 1.88. The number of hydrogen-bond acceptors (Lipinski definition) is 6. The zero-order valence-electron chi connectivity index (χ0n) is 12.8. The number of likely N-dealkylation sites (N-methyl/N-ethyl adjacent to an activating group) is 1. The van der Waals surface area contributed by atoms with Crippen LogP contribution in [0.3, 0.4) is 0 Å². The summed E-state index contributed by atoms with van der Waals surface area (Å²) in [6.45, 7) is 0. The minimum atomic E-state index is -0.413. The van der Waals surface area contributed by atoms with Gasteiger partial charge < -0.3 is 16.0 Å². The summed E-state index contributed by atoms with van der Waals surface area (Å²) in [5.74, 6) is 2.66. The largest absolute Gasteiger partial charge is 0.368 e. The van der Waals surface area contributed by atoms with E-state index in [-0.39, 0.29) is 11.7 Å². The van der Waals surface area contributed by atoms with Gasteiger partial charge in [-0.2, -0.15) is 4.98 Å². The lowest BCUT2D eigenvalue weighted by Gasteiger charge is -2.15. The Morgan fingerprint density at radius 1 is 1.39 bits per heavy atom. The number of benzene rings is 1. The summed E-state index contributed by atoms with van der Waals surface area (Å²) >= 11 is 0. The van der Waals surface area contributed by atoms with E-state index >= 15 is 0 Å². The van der Waals surface area contributed by atoms with Crippen LogP contribution in [-0.4, -0.2) is 40.6 Å². The molecule has 0 radical (unpaired) electrons. The number of nitrogens with two attached hydrogens (primary N) is 1. The molecule has 1 heterocycles. The number of anilines is 3. The van der Waals surface area contributed by atoms with Crippen molar-refractivity contribution in [3.8, 4) is 12.3 Å². The summed E-state index contributed by atoms with van der Waals surface area (Å²) in [6.07, 6.45) is 6.92. The van der Waals surface area contributed by atoms with Gasteiger partial charge in [-0.1, -0.05) is 5.92 Å². The van der Waals surface area contributed by atoms with Crippen LogP contribution >= 0.6 is 0 Å². The van der Waals surface area contributed by atoms with Gasteiger partial charge in [0.2, 0.25) is 5.95 Å². The predicted octanol–water partition coefficient (Wildman–Crippen LogP) is 1.24. The van der Waals surface area contributed by atoms with E-state index in [9.17, 15) is 4.79 Å². The Hall–Kier alpha value is -3.40. The topological polar surface area (TPSA) is 108 Å². The van der Waals surface area contributed by atoms with E-state index in [0.717, 1.165) is 0 Å². The Bertz CT molecular complexity index is 806. The van der Waals surface area contributed by atoms with Crippen molar-refractivity contribution in [2.24, 2.45) is 0 Å². The van der Waals surface area contributed by atoms with Gasteiger partial charge >= 0.3 is 0 Å². The Labute approximate surface area is 134 Å². The molecule has 23 heavy (non-hydrogen) atoms. The van der Waals surface area contributed by atoms with Crippen LogP contribution in [0.15, 0.2) is 30.5 Å². The van der Waals surface area contributed by atoms with Gasteiger partial charge in [0, 0.05) is 31.4 Å². The number of carbonyl (C=O) groups excluding carboxylic acids is 1. The Kier molecular flexibility index (Phi) is 4.57. The molecule has 7 nitrogen and oxygen atoms in total. The van der Waals surface area contributed by atoms with Gasteiger partial charge in [0.1, 0.15) is 11.5 Å². The summed E-state index contributed by atoms with van der Waals surface area (Å²) in [6, 6.07) is 6.60. The number of amides is 1. The highest BCUT2D eigenvalue weighted by Gasteiger charge is 2.18. The molecular weight excluding hydrogens is 292 g/mol. The first-order valence-electron chi connectivity index (χ1n) is 6.69. The van der Waals surface area contributed by atoms with E-state index in [1.165, 1.54) is 11.1 Å². The van der Waals surface area contributed by atoms with Crippen LogP contribution in [-0.2, 0) is 4.79 Å². The molecule has 0 atom stereocenters. The van der Waals surface area contributed by atoms with Crippen molar-refractivity contribution < 1.29 is 4.79 Å². The lowest BCUT2D eigenvalue weighted by Crippen LogP contribution is -2.30. The van der Waals surface area contributed by atoms with Crippen LogP contribution in [0, 0.1) is 17.8 Å². The Morgan fingerprint density at radius 3 is 2.74 bits per heavy atom. The molecule has 0 spiro atoms. The smallest absolute Gasteiger partial charge is 0.271 e. The molecule has 4 N–H and O–H groups in total. The van der Waals surface area contributed by atoms with Crippen molar-refractivity contribution in [3.05, 3.63) is 41.6 Å². The third-order valence-corrected chi connectivity index (χ3v) is 3.01. The third kappa shape index (κ3) is 3.63. The molecule has 1 amide bonds. The number of aromatic nitrogens is 2. The summed E-state index contributed by atoms with van der Waals surface area (Å²) in [7, 11) is 3.18. The van der Waals surface area contributed by atoms with Crippen molar-refractivity contribution in [2.45, 2.75) is 0 Å². The number of terminal acetylenes is 1. The highest BCUT2D eigenvalue weighted by molar-refractivity contribution is 6.45. The van der Waals surface area contributed by atoms with Gasteiger partial charge in [0.25, 0.3) is 5.91 Å². The number of carbonyl (C=O) groups is 1. The molecule has 0 fully saturated rings. The van der Waals surface area contributed by atoms with E-state index < -0.39 is 5.91 Å². The minimum absolute atomic E-state index is 0.115. The molecule has 0 aliphatic heterocycles. The zero-order chi connectivity index (χ0) is 17.0. The van der Waals surface area contributed by atoms with E-state index in [0.29, 0.717) is 22.6 Å². The number of nitrogens with one attached hydrogen (secondary N) is 2. The van der Waals surface area contributed by atoms with Gasteiger partial charge in [-0.15, -0.1) is 6.42 Å². The van der Waals surface area contributed by atoms with E-state index in [1.54, 1.807) is 38.4 Å². The minimum Gasteiger partial charge on any atom is -0.368 e. The normalized spacial score (nSPS) is 9.78. The van der Waals surface area contributed by atoms with Gasteiger partial charge in [-0.05, 0) is 24.3 Å². The van der Waals surface area contributed by atoms with Crippen molar-refractivity contribution in [2.75, 3.05) is 25.1 Å². The van der Waals surface area contributed by atoms with Crippen molar-refractivity contribution >= 4 is 29.1 Å². The van der Waals surface area contributed by atoms with Crippen LogP contribution in [0.4, 0.5) is 17.5 Å². The second-order valence-corrected chi connectivity index (χ2v) is 4.90. The number of nitrogen functional groups attached to an aromatic ring is 1. The molecule has 116 valence electrons. The van der Waals surface area contributed by atoms with Crippen LogP contribution in [0.1, 0.15) is 11.1 Å². The van der Waals surface area contributed by atoms with Gasteiger partial charge in [0.15, 0.2) is 0 Å². The van der Waals surface area contributed by atoms with Gasteiger partial charge in [-0.25, -0.2) is 4.98 Å². The molecule has 0 aliphatic carbocycles. The fraction of sp³-hybridized carbons (Fsp3) is 0.125. The second-order valence-electron chi connectivity index (χ2n) is 4.90. The van der Waals surface area contributed by atoms with E-state index in [2.05, 4.69) is 21.2 Å². The summed E-state index contributed by atoms with van der Waals surface area (Å²) in [5, 5.41) is 11.1. The molecule has 1 aromatic carbocycles. The standard InChI is InChI=1S/C16H16N6O/c1-4-10-5-6-11(14(17)15(23)22(2)3)12(9-10)20-13-7-8-19-16(18)21-13/h1,5-9,17H,2-3H3,(H3,18,19,20,21). The summed E-state index contributed by atoms with van der Waals surface area (Å²) < 4.78 is 0. The molecule has 0 unspecified atom stereocenters. The fourth-order valence-corrected chi connectivity index (χ4v) is 1.88. The summed E-state index contributed by atoms with van der Waals surface area (Å²) in [5.41, 5.74) is 6.94. The maximum absolute atomic E-state index is 12.0. The van der Waals surface area contributed by atoms with Crippen LogP contribution < -0.4 is 11.1 Å². The monoisotopic (exact) mass is 308 g/mol. The maximum atomic E-state index is 12.0. The molecule has 2 aromatic rings. The SMILES string of the molecule is C#Cc1ccc(C(=N)C(=O)N(C)C)c(Nc2ccnc(N)n2)c1. The molecule has 1 aromatic heterocycles. The molecule has 0 bridgehead atoms. The lowest BCUT2D eigenvalue weighted by molar-refractivity contribution is -0.121. The van der Waals surface area contributed by atoms with E-state index in [4.69, 9.17) is 17.6 Å². The van der Waals surface area contributed by atoms with Crippen molar-refractivity contribution in [3.63, 3.8) is 0 Å². The van der Waals surface area contributed by atoms with Gasteiger partial charge in [0.05, 0.1) is 5.69 Å². The summed E-state index contributed by atoms with van der Waals surface area (Å²) in [4.78, 5) is 21.2. The number of hydrogen-bond donors (Lipinski definition) is 3. The van der Waals surface area contributed by atoms with Crippen LogP contribution in [0.5, 0.6) is 0 Å². The second kappa shape index (κ2) is 6.58. The van der Waals surface area contributed by atoms with E-state index in [1.807, 2.05) is 0 Å². The molecule has 0 saturated carbocycles. The average molecular weight is 308 g/mol. The first-order chi connectivity index (χ1) is 10.9. The predicted molar refractivity (Wildman–Crippen MR) is 89.6 cm³/mol. The Morgan fingerprint density at radius 2 is 2.13 bits per heavy atom. The molecule has 7 heteroatoms. The van der Waals surface area contributed by atoms with Crippen molar-refractivity contribution in [1.29, 1.82) is 5.41 Å². The number of nitrogens with zero attached hydrogens (tertiary/aromatic N) is 3. The van der Waals surface area contributed by atoms with Crippen LogP contribution in [0.25, 0.3) is 0 Å². The van der Waals surface area contributed by atoms with Crippen molar-refractivity contribution in [1.82, 2.24) is 14.9 Å². The third-order valence-electron chi connectivity index (χ3n) is 3.01. The lowest BCUT2D eigenvalue weighted by atomic mass is 10.0. The molecule has 0 saturated heterocycles. The highest BCUT2D eigenvalue weighted by atomic mass is 16.2.